The Morgan fingerprint density at radius 2 is 1.50 bits per heavy atom. The highest BCUT2D eigenvalue weighted by Crippen LogP contribution is 2.17. The Kier molecular flexibility index (Phi) is 4.97. The normalized spacial score (nSPS) is 10.5. The molecule has 0 saturated heterocycles. The fourth-order valence-corrected chi connectivity index (χ4v) is 2.72. The highest BCUT2D eigenvalue weighted by molar-refractivity contribution is 7.98. The Bertz CT molecular complexity index is 431. The SMILES string of the molecule is Nc1ccc(CCSCc2ccc(Cl)cc2)cc1. The second-order valence-electron chi connectivity index (χ2n) is 4.17. The molecule has 0 aliphatic carbocycles. The predicted octanol–water partition coefficient (Wildman–Crippen LogP) is 4.40. The first-order valence-corrected chi connectivity index (χ1v) is 7.44. The van der Waals surface area contributed by atoms with Gasteiger partial charge in [0.25, 0.3) is 0 Å². The highest BCUT2D eigenvalue weighted by Gasteiger charge is 1.96. The number of anilines is 1. The first kappa shape index (κ1) is 13.3. The van der Waals surface area contributed by atoms with Crippen LogP contribution in [-0.2, 0) is 12.2 Å². The van der Waals surface area contributed by atoms with Crippen LogP contribution < -0.4 is 5.73 Å². The van der Waals surface area contributed by atoms with Gasteiger partial charge in [-0.3, -0.25) is 0 Å². The zero-order valence-electron chi connectivity index (χ0n) is 10.1. The molecule has 18 heavy (non-hydrogen) atoms. The van der Waals surface area contributed by atoms with Crippen LogP contribution in [0.4, 0.5) is 5.69 Å². The summed E-state index contributed by atoms with van der Waals surface area (Å²) in [5.41, 5.74) is 9.14. The molecule has 0 radical (unpaired) electrons. The van der Waals surface area contributed by atoms with Gasteiger partial charge in [-0.05, 0) is 47.6 Å². The fraction of sp³-hybridized carbons (Fsp3) is 0.200. The van der Waals surface area contributed by atoms with Gasteiger partial charge in [0.1, 0.15) is 0 Å². The summed E-state index contributed by atoms with van der Waals surface area (Å²) in [7, 11) is 0. The number of hydrogen-bond donors (Lipinski definition) is 1. The third kappa shape index (κ3) is 4.28. The van der Waals surface area contributed by atoms with Crippen LogP contribution in [0.1, 0.15) is 11.1 Å². The van der Waals surface area contributed by atoms with Gasteiger partial charge in [-0.15, -0.1) is 0 Å². The van der Waals surface area contributed by atoms with Crippen LogP contribution in [-0.4, -0.2) is 5.75 Å². The van der Waals surface area contributed by atoms with Crippen molar-refractivity contribution in [2.75, 3.05) is 11.5 Å². The molecular formula is C15H16ClNS. The second kappa shape index (κ2) is 6.72. The van der Waals surface area contributed by atoms with Crippen LogP contribution >= 0.6 is 23.4 Å². The zero-order chi connectivity index (χ0) is 12.8. The average molecular weight is 278 g/mol. The third-order valence-corrected chi connectivity index (χ3v) is 3.98. The van der Waals surface area contributed by atoms with Crippen LogP contribution in [0.2, 0.25) is 5.02 Å². The number of nitrogen functional groups attached to an aromatic ring is 1. The number of rotatable bonds is 5. The van der Waals surface area contributed by atoms with E-state index in [4.69, 9.17) is 17.3 Å². The van der Waals surface area contributed by atoms with E-state index >= 15 is 0 Å². The molecule has 0 saturated carbocycles. The number of benzene rings is 2. The van der Waals surface area contributed by atoms with E-state index in [1.807, 2.05) is 36.0 Å². The van der Waals surface area contributed by atoms with E-state index in [9.17, 15) is 0 Å². The molecule has 0 aromatic heterocycles. The maximum absolute atomic E-state index is 5.85. The molecule has 0 amide bonds. The molecule has 0 aliphatic rings. The van der Waals surface area contributed by atoms with Crippen molar-refractivity contribution < 1.29 is 0 Å². The first-order chi connectivity index (χ1) is 8.74. The summed E-state index contributed by atoms with van der Waals surface area (Å²) in [6.45, 7) is 0. The molecule has 0 atom stereocenters. The van der Waals surface area contributed by atoms with Crippen molar-refractivity contribution in [2.45, 2.75) is 12.2 Å². The van der Waals surface area contributed by atoms with E-state index in [2.05, 4.69) is 24.3 Å². The zero-order valence-corrected chi connectivity index (χ0v) is 11.7. The van der Waals surface area contributed by atoms with Crippen molar-refractivity contribution in [3.63, 3.8) is 0 Å². The molecule has 2 aromatic carbocycles. The van der Waals surface area contributed by atoms with Crippen LogP contribution in [0.3, 0.4) is 0 Å². The smallest absolute Gasteiger partial charge is 0.0406 e. The number of thioether (sulfide) groups is 1. The van der Waals surface area contributed by atoms with Gasteiger partial charge in [0.2, 0.25) is 0 Å². The number of hydrogen-bond acceptors (Lipinski definition) is 2. The lowest BCUT2D eigenvalue weighted by atomic mass is 10.2. The molecule has 0 unspecified atom stereocenters. The number of halogens is 1. The van der Waals surface area contributed by atoms with Crippen molar-refractivity contribution in [2.24, 2.45) is 0 Å². The molecule has 2 N–H and O–H groups in total. The summed E-state index contributed by atoms with van der Waals surface area (Å²) in [5.74, 6) is 2.15. The quantitative estimate of drug-likeness (QED) is 0.648. The summed E-state index contributed by atoms with van der Waals surface area (Å²) in [4.78, 5) is 0. The largest absolute Gasteiger partial charge is 0.399 e. The van der Waals surface area contributed by atoms with Gasteiger partial charge >= 0.3 is 0 Å². The van der Waals surface area contributed by atoms with E-state index in [1.165, 1.54) is 11.1 Å². The molecular weight excluding hydrogens is 262 g/mol. The Labute approximate surface area is 117 Å². The first-order valence-electron chi connectivity index (χ1n) is 5.90. The van der Waals surface area contributed by atoms with Crippen LogP contribution in [0.15, 0.2) is 48.5 Å². The van der Waals surface area contributed by atoms with Crippen molar-refractivity contribution in [3.05, 3.63) is 64.7 Å². The van der Waals surface area contributed by atoms with E-state index in [0.29, 0.717) is 0 Å². The van der Waals surface area contributed by atoms with Gasteiger partial charge in [-0.1, -0.05) is 35.9 Å². The minimum Gasteiger partial charge on any atom is -0.399 e. The summed E-state index contributed by atoms with van der Waals surface area (Å²) in [6, 6.07) is 16.2. The van der Waals surface area contributed by atoms with Gasteiger partial charge in [-0.2, -0.15) is 11.8 Å². The van der Waals surface area contributed by atoms with Crippen molar-refractivity contribution in [3.8, 4) is 0 Å². The Morgan fingerprint density at radius 3 is 2.17 bits per heavy atom. The van der Waals surface area contributed by atoms with E-state index in [-0.39, 0.29) is 0 Å². The Hall–Kier alpha value is -1.12. The van der Waals surface area contributed by atoms with E-state index < -0.39 is 0 Å². The summed E-state index contributed by atoms with van der Waals surface area (Å²) >= 11 is 7.79. The van der Waals surface area contributed by atoms with E-state index in [0.717, 1.165) is 28.6 Å². The molecule has 0 aliphatic heterocycles. The van der Waals surface area contributed by atoms with Gasteiger partial charge in [0.15, 0.2) is 0 Å². The lowest BCUT2D eigenvalue weighted by Gasteiger charge is -2.03. The Morgan fingerprint density at radius 1 is 0.889 bits per heavy atom. The van der Waals surface area contributed by atoms with Gasteiger partial charge in [0, 0.05) is 16.5 Å². The molecule has 3 heteroatoms. The second-order valence-corrected chi connectivity index (χ2v) is 5.71. The molecule has 2 aromatic rings. The number of aryl methyl sites for hydroxylation is 1. The summed E-state index contributed by atoms with van der Waals surface area (Å²) in [6.07, 6.45) is 1.08. The molecule has 0 spiro atoms. The van der Waals surface area contributed by atoms with Gasteiger partial charge < -0.3 is 5.73 Å². The van der Waals surface area contributed by atoms with Crippen molar-refractivity contribution in [1.82, 2.24) is 0 Å². The molecule has 94 valence electrons. The molecule has 2 rings (SSSR count). The maximum atomic E-state index is 5.85. The number of nitrogens with two attached hydrogens (primary N) is 1. The minimum atomic E-state index is 0.797. The summed E-state index contributed by atoms with van der Waals surface area (Å²) in [5, 5.41) is 0.797. The summed E-state index contributed by atoms with van der Waals surface area (Å²) < 4.78 is 0. The minimum absolute atomic E-state index is 0.797. The van der Waals surface area contributed by atoms with E-state index in [1.54, 1.807) is 0 Å². The highest BCUT2D eigenvalue weighted by atomic mass is 35.5. The average Bonchev–Trinajstić information content (AvgIpc) is 2.39. The molecule has 0 bridgehead atoms. The van der Waals surface area contributed by atoms with Gasteiger partial charge in [-0.25, -0.2) is 0 Å². The third-order valence-electron chi connectivity index (χ3n) is 2.70. The molecule has 0 heterocycles. The van der Waals surface area contributed by atoms with Crippen LogP contribution in [0.25, 0.3) is 0 Å². The fourth-order valence-electron chi connectivity index (χ4n) is 1.64. The Balaban J connectivity index is 1.73. The van der Waals surface area contributed by atoms with Crippen LogP contribution in [0.5, 0.6) is 0 Å². The van der Waals surface area contributed by atoms with Crippen molar-refractivity contribution in [1.29, 1.82) is 0 Å². The maximum Gasteiger partial charge on any atom is 0.0406 e. The standard InChI is InChI=1S/C15H16ClNS/c16-14-5-1-13(2-6-14)11-18-10-9-12-3-7-15(17)8-4-12/h1-8H,9-11,17H2. The lowest BCUT2D eigenvalue weighted by Crippen LogP contribution is -1.91. The lowest BCUT2D eigenvalue weighted by molar-refractivity contribution is 1.15. The topological polar surface area (TPSA) is 26.0 Å². The van der Waals surface area contributed by atoms with Crippen molar-refractivity contribution >= 4 is 29.1 Å². The monoisotopic (exact) mass is 277 g/mol. The predicted molar refractivity (Wildman–Crippen MR) is 82.2 cm³/mol. The van der Waals surface area contributed by atoms with Gasteiger partial charge in [0.05, 0.1) is 0 Å². The van der Waals surface area contributed by atoms with Crippen LogP contribution in [0, 0.1) is 0 Å². The molecule has 1 nitrogen and oxygen atoms in total. The molecule has 0 fully saturated rings.